The molecule has 0 bridgehead atoms. The van der Waals surface area contributed by atoms with Crippen LogP contribution in [0, 0.1) is 0 Å². The average Bonchev–Trinajstić information content (AvgIpc) is 2.68. The lowest BCUT2D eigenvalue weighted by Crippen LogP contribution is -2.21. The largest absolute Gasteiger partial charge is 0.314 e. The number of nitrogens with zero attached hydrogens (tertiary/aromatic N) is 3. The Morgan fingerprint density at radius 3 is 3.20 bits per heavy atom. The first kappa shape index (κ1) is 11.0. The lowest BCUT2D eigenvalue weighted by Gasteiger charge is -2.14. The summed E-state index contributed by atoms with van der Waals surface area (Å²) in [7, 11) is 0. The number of fused-ring (bicyclic) bond motifs is 1. The average molecular weight is 226 g/mol. The van der Waals surface area contributed by atoms with Crippen molar-refractivity contribution in [3.8, 4) is 0 Å². The van der Waals surface area contributed by atoms with E-state index in [4.69, 9.17) is 0 Å². The van der Waals surface area contributed by atoms with Crippen molar-refractivity contribution in [3.63, 3.8) is 0 Å². The van der Waals surface area contributed by atoms with E-state index in [1.54, 1.807) is 0 Å². The van der Waals surface area contributed by atoms with Gasteiger partial charge in [0.1, 0.15) is 11.6 Å². The van der Waals surface area contributed by atoms with Crippen LogP contribution in [-0.2, 0) is 19.5 Å². The summed E-state index contributed by atoms with van der Waals surface area (Å²) in [6, 6.07) is 0. The molecule has 1 aromatic heterocycles. The highest BCUT2D eigenvalue weighted by Crippen LogP contribution is 2.13. The third kappa shape index (κ3) is 2.72. The molecule has 0 radical (unpaired) electrons. The predicted molar refractivity (Wildman–Crippen MR) is 63.0 cm³/mol. The van der Waals surface area contributed by atoms with Crippen LogP contribution in [0.4, 0.5) is 0 Å². The standard InChI is InChI=1S/C10H18N4S/c1-15-7-5-11-8-10-13-12-9-4-2-3-6-14(9)10/h11H,2-8H2,1H3. The molecule has 0 fully saturated rings. The van der Waals surface area contributed by atoms with Crippen LogP contribution in [0.3, 0.4) is 0 Å². The Labute approximate surface area is 94.8 Å². The van der Waals surface area contributed by atoms with Gasteiger partial charge in [-0.1, -0.05) is 0 Å². The van der Waals surface area contributed by atoms with Crippen LogP contribution < -0.4 is 5.32 Å². The van der Waals surface area contributed by atoms with E-state index in [1.807, 2.05) is 11.8 Å². The lowest BCUT2D eigenvalue weighted by molar-refractivity contribution is 0.499. The SMILES string of the molecule is CSCCNCc1nnc2n1CCCC2. The normalized spacial score (nSPS) is 15.3. The third-order valence-electron chi connectivity index (χ3n) is 2.70. The monoisotopic (exact) mass is 226 g/mol. The Bertz CT molecular complexity index is 310. The number of hydrogen-bond acceptors (Lipinski definition) is 4. The van der Waals surface area contributed by atoms with Gasteiger partial charge in [-0.3, -0.25) is 0 Å². The van der Waals surface area contributed by atoms with Crippen LogP contribution in [0.2, 0.25) is 0 Å². The molecule has 1 aromatic rings. The third-order valence-corrected chi connectivity index (χ3v) is 3.31. The Morgan fingerprint density at radius 2 is 2.33 bits per heavy atom. The molecule has 1 aliphatic rings. The van der Waals surface area contributed by atoms with Crippen LogP contribution in [0.1, 0.15) is 24.5 Å². The number of rotatable bonds is 5. The molecule has 0 aliphatic carbocycles. The Kier molecular flexibility index (Phi) is 4.02. The predicted octanol–water partition coefficient (Wildman–Crippen LogP) is 1.07. The van der Waals surface area contributed by atoms with Gasteiger partial charge < -0.3 is 9.88 Å². The van der Waals surface area contributed by atoms with Crippen LogP contribution in [-0.4, -0.2) is 33.3 Å². The number of nitrogens with one attached hydrogen (secondary N) is 1. The minimum Gasteiger partial charge on any atom is -0.314 e. The summed E-state index contributed by atoms with van der Waals surface area (Å²) in [6.07, 6.45) is 5.75. The van der Waals surface area contributed by atoms with E-state index in [-0.39, 0.29) is 0 Å². The topological polar surface area (TPSA) is 42.7 Å². The van der Waals surface area contributed by atoms with Gasteiger partial charge in [0, 0.05) is 25.3 Å². The minimum absolute atomic E-state index is 0.855. The van der Waals surface area contributed by atoms with Gasteiger partial charge in [-0.15, -0.1) is 10.2 Å². The lowest BCUT2D eigenvalue weighted by atomic mass is 10.2. The van der Waals surface area contributed by atoms with Crippen molar-refractivity contribution in [2.24, 2.45) is 0 Å². The van der Waals surface area contributed by atoms with Crippen molar-refractivity contribution >= 4 is 11.8 Å². The molecule has 0 atom stereocenters. The Balaban J connectivity index is 1.88. The smallest absolute Gasteiger partial charge is 0.147 e. The van der Waals surface area contributed by atoms with E-state index in [2.05, 4.69) is 26.3 Å². The zero-order valence-electron chi connectivity index (χ0n) is 9.20. The van der Waals surface area contributed by atoms with Gasteiger partial charge in [-0.05, 0) is 19.1 Å². The molecule has 0 saturated carbocycles. The maximum absolute atomic E-state index is 4.24. The number of hydrogen-bond donors (Lipinski definition) is 1. The first-order chi connectivity index (χ1) is 7.42. The van der Waals surface area contributed by atoms with Crippen LogP contribution >= 0.6 is 11.8 Å². The van der Waals surface area contributed by atoms with Gasteiger partial charge in [0.15, 0.2) is 0 Å². The number of thioether (sulfide) groups is 1. The molecule has 0 aromatic carbocycles. The van der Waals surface area contributed by atoms with Gasteiger partial charge >= 0.3 is 0 Å². The van der Waals surface area contributed by atoms with Gasteiger partial charge in [-0.2, -0.15) is 11.8 Å². The summed E-state index contributed by atoms with van der Waals surface area (Å²) in [5, 5.41) is 11.9. The van der Waals surface area contributed by atoms with Gasteiger partial charge in [0.25, 0.3) is 0 Å². The summed E-state index contributed by atoms with van der Waals surface area (Å²) >= 11 is 1.86. The molecule has 0 amide bonds. The number of aromatic nitrogens is 3. The van der Waals surface area contributed by atoms with E-state index in [1.165, 1.54) is 18.7 Å². The second-order valence-corrected chi connectivity index (χ2v) is 4.80. The van der Waals surface area contributed by atoms with E-state index >= 15 is 0 Å². The first-order valence-corrected chi connectivity index (χ1v) is 6.92. The quantitative estimate of drug-likeness (QED) is 0.763. The zero-order valence-corrected chi connectivity index (χ0v) is 10.0. The molecule has 1 aliphatic heterocycles. The number of aryl methyl sites for hydroxylation is 1. The molecule has 0 unspecified atom stereocenters. The fraction of sp³-hybridized carbons (Fsp3) is 0.800. The molecular weight excluding hydrogens is 208 g/mol. The van der Waals surface area contributed by atoms with Crippen LogP contribution in [0.5, 0.6) is 0 Å². The Morgan fingerprint density at radius 1 is 1.40 bits per heavy atom. The summed E-state index contributed by atoms with van der Waals surface area (Å²) < 4.78 is 2.27. The van der Waals surface area contributed by atoms with Crippen LogP contribution in [0.15, 0.2) is 0 Å². The molecule has 2 rings (SSSR count). The van der Waals surface area contributed by atoms with E-state index < -0.39 is 0 Å². The summed E-state index contributed by atoms with van der Waals surface area (Å²) in [6.45, 7) is 3.00. The summed E-state index contributed by atoms with van der Waals surface area (Å²) in [4.78, 5) is 0. The molecule has 2 heterocycles. The van der Waals surface area contributed by atoms with Crippen molar-refractivity contribution in [1.82, 2.24) is 20.1 Å². The molecule has 0 spiro atoms. The van der Waals surface area contributed by atoms with E-state index in [0.717, 1.165) is 37.6 Å². The maximum Gasteiger partial charge on any atom is 0.147 e. The molecule has 15 heavy (non-hydrogen) atoms. The van der Waals surface area contributed by atoms with E-state index in [9.17, 15) is 0 Å². The van der Waals surface area contributed by atoms with Crippen molar-refractivity contribution in [1.29, 1.82) is 0 Å². The molecule has 84 valence electrons. The molecule has 0 saturated heterocycles. The second-order valence-electron chi connectivity index (χ2n) is 3.81. The fourth-order valence-corrected chi connectivity index (χ4v) is 2.22. The van der Waals surface area contributed by atoms with Gasteiger partial charge in [0.2, 0.25) is 0 Å². The van der Waals surface area contributed by atoms with Crippen molar-refractivity contribution in [2.75, 3.05) is 18.6 Å². The van der Waals surface area contributed by atoms with Gasteiger partial charge in [0.05, 0.1) is 6.54 Å². The highest BCUT2D eigenvalue weighted by Gasteiger charge is 2.14. The highest BCUT2D eigenvalue weighted by atomic mass is 32.2. The second kappa shape index (κ2) is 5.51. The molecule has 4 nitrogen and oxygen atoms in total. The van der Waals surface area contributed by atoms with Crippen LogP contribution in [0.25, 0.3) is 0 Å². The van der Waals surface area contributed by atoms with Crippen molar-refractivity contribution in [2.45, 2.75) is 32.4 Å². The maximum atomic E-state index is 4.24. The van der Waals surface area contributed by atoms with Crippen molar-refractivity contribution in [3.05, 3.63) is 11.6 Å². The summed E-state index contributed by atoms with van der Waals surface area (Å²) in [5.74, 6) is 3.43. The first-order valence-electron chi connectivity index (χ1n) is 5.52. The van der Waals surface area contributed by atoms with Crippen molar-refractivity contribution < 1.29 is 0 Å². The Hall–Kier alpha value is -0.550. The molecular formula is C10H18N4S. The van der Waals surface area contributed by atoms with Gasteiger partial charge in [-0.25, -0.2) is 0 Å². The summed E-state index contributed by atoms with van der Waals surface area (Å²) in [5.41, 5.74) is 0. The minimum atomic E-state index is 0.855. The molecule has 1 N–H and O–H groups in total. The molecule has 5 heteroatoms. The fourth-order valence-electron chi connectivity index (χ4n) is 1.87. The van der Waals surface area contributed by atoms with E-state index in [0.29, 0.717) is 0 Å². The highest BCUT2D eigenvalue weighted by molar-refractivity contribution is 7.98. The zero-order chi connectivity index (χ0) is 10.5.